The van der Waals surface area contributed by atoms with Gasteiger partial charge < -0.3 is 23.6 Å². The van der Waals surface area contributed by atoms with Gasteiger partial charge in [0.2, 0.25) is 10.0 Å². The quantitative estimate of drug-likeness (QED) is 0.192. The highest BCUT2D eigenvalue weighted by Crippen LogP contribution is 2.47. The normalized spacial score (nSPS) is 20.9. The number of anilines is 1. The van der Waals surface area contributed by atoms with Crippen molar-refractivity contribution in [3.05, 3.63) is 69.1 Å². The van der Waals surface area contributed by atoms with Gasteiger partial charge in [-0.2, -0.15) is 0 Å². The van der Waals surface area contributed by atoms with Gasteiger partial charge in [-0.3, -0.25) is 4.79 Å². The Kier molecular flexibility index (Phi) is 10.2. The summed E-state index contributed by atoms with van der Waals surface area (Å²) in [6.07, 6.45) is 3.60. The van der Waals surface area contributed by atoms with E-state index in [4.69, 9.17) is 41.9 Å². The Morgan fingerprint density at radius 2 is 1.87 bits per heavy atom. The monoisotopic (exact) mass is 695 g/mol. The topological polar surface area (TPSA) is 120 Å². The van der Waals surface area contributed by atoms with Crippen molar-refractivity contribution in [1.29, 1.82) is 0 Å². The Morgan fingerprint density at radius 1 is 1.11 bits per heavy atom. The highest BCUT2D eigenvalue weighted by molar-refractivity contribution is 7.90. The first-order valence-corrected chi connectivity index (χ1v) is 17.9. The number of piperidine rings is 1. The van der Waals surface area contributed by atoms with E-state index in [9.17, 15) is 13.2 Å². The number of aromatic nitrogens is 1. The summed E-state index contributed by atoms with van der Waals surface area (Å²) in [4.78, 5) is 14.6. The van der Waals surface area contributed by atoms with Crippen LogP contribution in [0.25, 0.3) is 11.3 Å². The summed E-state index contributed by atoms with van der Waals surface area (Å²) in [7, 11) is -3.96. The van der Waals surface area contributed by atoms with Crippen molar-refractivity contribution in [3.63, 3.8) is 0 Å². The van der Waals surface area contributed by atoms with E-state index in [1.807, 2.05) is 16.5 Å². The van der Waals surface area contributed by atoms with Crippen LogP contribution in [0, 0.1) is 11.7 Å². The number of nitrogens with one attached hydrogen (secondary N) is 1. The number of sulfonamides is 1. The van der Waals surface area contributed by atoms with Crippen LogP contribution in [0.2, 0.25) is 10.0 Å². The molecule has 2 bridgehead atoms. The molecule has 10 nitrogen and oxygen atoms in total. The third-order valence-corrected chi connectivity index (χ3v) is 10.6. The second kappa shape index (κ2) is 14.2. The Labute approximate surface area is 277 Å². The van der Waals surface area contributed by atoms with Crippen LogP contribution in [-0.4, -0.2) is 70.4 Å². The number of ether oxygens (including phenoxy) is 3. The van der Waals surface area contributed by atoms with E-state index in [1.165, 1.54) is 12.1 Å². The average Bonchev–Trinajstić information content (AvgIpc) is 3.47. The van der Waals surface area contributed by atoms with E-state index in [0.29, 0.717) is 65.7 Å². The molecule has 1 N–H and O–H groups in total. The highest BCUT2D eigenvalue weighted by atomic mass is 35.5. The van der Waals surface area contributed by atoms with Gasteiger partial charge in [-0.05, 0) is 62.9 Å². The molecule has 2 aliphatic carbocycles. The molecule has 1 saturated heterocycles. The minimum absolute atomic E-state index is 0.0285. The number of halogens is 3. The van der Waals surface area contributed by atoms with Gasteiger partial charge in [0, 0.05) is 47.7 Å². The molecular weight excluding hydrogens is 660 g/mol. The van der Waals surface area contributed by atoms with Gasteiger partial charge in [0.1, 0.15) is 17.3 Å². The zero-order valence-corrected chi connectivity index (χ0v) is 27.7. The molecule has 6 rings (SSSR count). The molecule has 3 aliphatic rings. The summed E-state index contributed by atoms with van der Waals surface area (Å²) < 4.78 is 64.5. The van der Waals surface area contributed by atoms with Crippen molar-refractivity contribution >= 4 is 44.8 Å². The maximum absolute atomic E-state index is 15.3. The van der Waals surface area contributed by atoms with E-state index in [0.717, 1.165) is 36.7 Å². The summed E-state index contributed by atoms with van der Waals surface area (Å²) in [6.45, 7) is 3.79. The van der Waals surface area contributed by atoms with Gasteiger partial charge >= 0.3 is 0 Å². The fraction of sp³-hybridized carbons (Fsp3) is 0.500. The summed E-state index contributed by atoms with van der Waals surface area (Å²) in [6, 6.07) is 9.44. The fourth-order valence-corrected chi connectivity index (χ4v) is 7.73. The third kappa shape index (κ3) is 7.37. The largest absolute Gasteiger partial charge is 0.379 e. The molecule has 0 radical (unpaired) electrons. The second-order valence-electron chi connectivity index (χ2n) is 11.9. The molecule has 248 valence electrons. The number of amides is 1. The molecular formula is C32H36Cl2FN3O7S. The van der Waals surface area contributed by atoms with Crippen LogP contribution in [0.15, 0.2) is 40.9 Å². The lowest BCUT2D eigenvalue weighted by Gasteiger charge is -2.33. The average molecular weight is 697 g/mol. The standard InChI is InChI=1S/C32H36Cl2FN3O7S/c1-2-42-10-11-43-12-13-46(40,41)37-32(39)20-8-9-27(26(35)15-20)38-17-21-14-22(38)16-28(21)44-18-23-30(36-45-31(23)19-6-7-19)29-24(33)4-3-5-25(29)34/h3-5,8-9,15,19,21-22,28H,2,6-7,10-14,16-18H2,1H3,(H,37,39)/t21-,22-,28+/m0/s1. The van der Waals surface area contributed by atoms with Crippen LogP contribution in [0.4, 0.5) is 10.1 Å². The van der Waals surface area contributed by atoms with Gasteiger partial charge in [-0.25, -0.2) is 17.5 Å². The van der Waals surface area contributed by atoms with Gasteiger partial charge in [-0.15, -0.1) is 0 Å². The van der Waals surface area contributed by atoms with Crippen LogP contribution in [0.3, 0.4) is 0 Å². The van der Waals surface area contributed by atoms with E-state index >= 15 is 4.39 Å². The first-order valence-electron chi connectivity index (χ1n) is 15.5. The lowest BCUT2D eigenvalue weighted by atomic mass is 10.0. The molecule has 3 atom stereocenters. The Balaban J connectivity index is 1.05. The smallest absolute Gasteiger partial charge is 0.264 e. The van der Waals surface area contributed by atoms with E-state index < -0.39 is 27.5 Å². The summed E-state index contributed by atoms with van der Waals surface area (Å²) >= 11 is 13.0. The lowest BCUT2D eigenvalue weighted by Crippen LogP contribution is -2.39. The van der Waals surface area contributed by atoms with Crippen molar-refractivity contribution in [2.45, 2.75) is 57.3 Å². The summed E-state index contributed by atoms with van der Waals surface area (Å²) in [5, 5.41) is 5.33. The van der Waals surface area contributed by atoms with Crippen molar-refractivity contribution < 1.29 is 36.3 Å². The summed E-state index contributed by atoms with van der Waals surface area (Å²) in [5.74, 6) is -0.568. The molecule has 3 aromatic rings. The van der Waals surface area contributed by atoms with Crippen LogP contribution < -0.4 is 9.62 Å². The van der Waals surface area contributed by atoms with Gasteiger partial charge in [0.05, 0.1) is 54.0 Å². The second-order valence-corrected chi connectivity index (χ2v) is 14.5. The van der Waals surface area contributed by atoms with Gasteiger partial charge in [-0.1, -0.05) is 34.4 Å². The Hall–Kier alpha value is -2.74. The SMILES string of the molecule is CCOCCOCCS(=O)(=O)NC(=O)c1ccc(N2C[C@@H]3C[C@H]2C[C@H]3OCc2c(-c3c(Cl)cccc3Cl)noc2C2CC2)c(F)c1. The zero-order chi connectivity index (χ0) is 32.4. The minimum Gasteiger partial charge on any atom is -0.379 e. The molecule has 2 heterocycles. The fourth-order valence-electron chi connectivity index (χ4n) is 6.31. The molecule has 0 spiro atoms. The minimum atomic E-state index is -3.96. The number of carbonyl (C=O) groups excluding carboxylic acids is 1. The van der Waals surface area contributed by atoms with Crippen LogP contribution >= 0.6 is 23.2 Å². The Morgan fingerprint density at radius 3 is 2.54 bits per heavy atom. The maximum atomic E-state index is 15.3. The van der Waals surface area contributed by atoms with Crippen molar-refractivity contribution in [3.8, 4) is 11.3 Å². The first kappa shape index (κ1) is 33.2. The molecule has 1 amide bonds. The van der Waals surface area contributed by atoms with E-state index in [-0.39, 0.29) is 36.8 Å². The van der Waals surface area contributed by atoms with E-state index in [1.54, 1.807) is 18.2 Å². The molecule has 46 heavy (non-hydrogen) atoms. The predicted octanol–water partition coefficient (Wildman–Crippen LogP) is 5.96. The molecule has 14 heteroatoms. The number of fused-ring (bicyclic) bond motifs is 2. The Bertz CT molecular complexity index is 1660. The molecule has 2 aromatic carbocycles. The molecule has 1 aliphatic heterocycles. The molecule has 3 fully saturated rings. The number of hydrogen-bond acceptors (Lipinski definition) is 9. The number of hydrogen-bond donors (Lipinski definition) is 1. The van der Waals surface area contributed by atoms with Gasteiger partial charge in [0.15, 0.2) is 0 Å². The summed E-state index contributed by atoms with van der Waals surface area (Å²) in [5.41, 5.74) is 2.40. The van der Waals surface area contributed by atoms with E-state index in [2.05, 4.69) is 5.16 Å². The van der Waals surface area contributed by atoms with Crippen molar-refractivity contribution in [2.75, 3.05) is 43.6 Å². The number of benzene rings is 2. The maximum Gasteiger partial charge on any atom is 0.264 e. The lowest BCUT2D eigenvalue weighted by molar-refractivity contribution is 0.0122. The zero-order valence-electron chi connectivity index (χ0n) is 25.3. The van der Waals surface area contributed by atoms with Crippen molar-refractivity contribution in [1.82, 2.24) is 9.88 Å². The number of nitrogens with zero attached hydrogens (tertiary/aromatic N) is 2. The van der Waals surface area contributed by atoms with Crippen LogP contribution in [-0.2, 0) is 30.8 Å². The van der Waals surface area contributed by atoms with Crippen LogP contribution in [0.5, 0.6) is 0 Å². The molecule has 0 unspecified atom stereocenters. The number of carbonyl (C=O) groups is 1. The highest BCUT2D eigenvalue weighted by Gasteiger charge is 2.46. The predicted molar refractivity (Wildman–Crippen MR) is 171 cm³/mol. The van der Waals surface area contributed by atoms with Crippen molar-refractivity contribution in [2.24, 2.45) is 5.92 Å². The van der Waals surface area contributed by atoms with Crippen LogP contribution in [0.1, 0.15) is 60.2 Å². The number of rotatable bonds is 15. The van der Waals surface area contributed by atoms with Gasteiger partial charge in [0.25, 0.3) is 5.91 Å². The third-order valence-electron chi connectivity index (χ3n) is 8.73. The molecule has 2 saturated carbocycles. The first-order chi connectivity index (χ1) is 22.1. The molecule has 1 aromatic heterocycles.